The van der Waals surface area contributed by atoms with E-state index < -0.39 is 0 Å². The summed E-state index contributed by atoms with van der Waals surface area (Å²) in [5.41, 5.74) is 3.16. The summed E-state index contributed by atoms with van der Waals surface area (Å²) in [6.07, 6.45) is 4.63. The van der Waals surface area contributed by atoms with Crippen molar-refractivity contribution in [2.75, 3.05) is 0 Å². The molecule has 1 N–H and O–H groups in total. The summed E-state index contributed by atoms with van der Waals surface area (Å²) < 4.78 is 6.62. The van der Waals surface area contributed by atoms with Crippen LogP contribution >= 0.6 is 12.2 Å². The Labute approximate surface area is 115 Å². The molecule has 0 aliphatic heterocycles. The molecule has 0 saturated heterocycles. The van der Waals surface area contributed by atoms with Gasteiger partial charge in [0, 0.05) is 26.0 Å². The highest BCUT2D eigenvalue weighted by atomic mass is 32.1. The van der Waals surface area contributed by atoms with Crippen molar-refractivity contribution in [3.05, 3.63) is 28.9 Å². The summed E-state index contributed by atoms with van der Waals surface area (Å²) in [5, 5.41) is 8.72. The molecule has 6 nitrogen and oxygen atoms in total. The van der Waals surface area contributed by atoms with E-state index in [2.05, 4.69) is 26.7 Å². The predicted molar refractivity (Wildman–Crippen MR) is 75.5 cm³/mol. The maximum atomic E-state index is 5.41. The highest BCUT2D eigenvalue weighted by Gasteiger charge is 2.13. The monoisotopic (exact) mass is 276 g/mol. The Kier molecular flexibility index (Phi) is 2.98. The van der Waals surface area contributed by atoms with E-state index in [1.54, 1.807) is 6.20 Å². The number of aromatic amines is 1. The second-order valence-corrected chi connectivity index (χ2v) is 4.86. The number of hydrogen-bond donors (Lipinski definition) is 1. The third-order valence-electron chi connectivity index (χ3n) is 3.27. The fourth-order valence-corrected chi connectivity index (χ4v) is 2.65. The molecule has 0 fully saturated rings. The van der Waals surface area contributed by atoms with Crippen LogP contribution in [0.15, 0.2) is 18.5 Å². The molecule has 0 aromatic carbocycles. The molecule has 0 unspecified atom stereocenters. The van der Waals surface area contributed by atoms with Crippen LogP contribution in [-0.4, -0.2) is 29.1 Å². The average Bonchev–Trinajstić information content (AvgIpc) is 3.06. The Morgan fingerprint density at radius 3 is 2.89 bits per heavy atom. The molecule has 0 bridgehead atoms. The first kappa shape index (κ1) is 12.2. The van der Waals surface area contributed by atoms with Crippen molar-refractivity contribution in [1.82, 2.24) is 29.1 Å². The Morgan fingerprint density at radius 1 is 1.37 bits per heavy atom. The standard InChI is InChI=1S/C12H16N6S/c1-3-9-10-11(16(2)15-9)18(12(19)14-10)8-7-17-6-4-5-13-17/h4-6H,3,7-8H2,1-2H3,(H,14,19). The smallest absolute Gasteiger partial charge is 0.179 e. The lowest BCUT2D eigenvalue weighted by Crippen LogP contribution is -2.09. The summed E-state index contributed by atoms with van der Waals surface area (Å²) in [6, 6.07) is 1.92. The Morgan fingerprint density at radius 2 is 2.21 bits per heavy atom. The van der Waals surface area contributed by atoms with Crippen LogP contribution in [-0.2, 0) is 26.6 Å². The summed E-state index contributed by atoms with van der Waals surface area (Å²) in [6.45, 7) is 3.67. The normalized spacial score (nSPS) is 11.5. The van der Waals surface area contributed by atoms with Gasteiger partial charge in [-0.25, -0.2) is 0 Å². The molecule has 3 heterocycles. The fraction of sp³-hybridized carbons (Fsp3) is 0.417. The van der Waals surface area contributed by atoms with E-state index in [0.717, 1.165) is 41.1 Å². The van der Waals surface area contributed by atoms with Gasteiger partial charge in [0.25, 0.3) is 0 Å². The number of aryl methyl sites for hydroxylation is 4. The number of imidazole rings is 1. The second-order valence-electron chi connectivity index (χ2n) is 4.47. The summed E-state index contributed by atoms with van der Waals surface area (Å²) in [5.74, 6) is 0. The zero-order valence-corrected chi connectivity index (χ0v) is 11.8. The van der Waals surface area contributed by atoms with E-state index in [1.807, 2.05) is 28.7 Å². The molecular weight excluding hydrogens is 260 g/mol. The second kappa shape index (κ2) is 4.65. The van der Waals surface area contributed by atoms with Crippen molar-refractivity contribution < 1.29 is 0 Å². The molecule has 3 aromatic rings. The third-order valence-corrected chi connectivity index (χ3v) is 3.59. The van der Waals surface area contributed by atoms with Crippen LogP contribution in [0.5, 0.6) is 0 Å². The maximum Gasteiger partial charge on any atom is 0.179 e. The molecule has 100 valence electrons. The average molecular weight is 276 g/mol. The first-order valence-electron chi connectivity index (χ1n) is 6.32. The maximum absolute atomic E-state index is 5.41. The van der Waals surface area contributed by atoms with Crippen LogP contribution in [0.25, 0.3) is 11.2 Å². The van der Waals surface area contributed by atoms with E-state index in [9.17, 15) is 0 Å². The van der Waals surface area contributed by atoms with E-state index >= 15 is 0 Å². The van der Waals surface area contributed by atoms with Crippen molar-refractivity contribution >= 4 is 23.4 Å². The quantitative estimate of drug-likeness (QED) is 0.740. The van der Waals surface area contributed by atoms with E-state index in [0.29, 0.717) is 0 Å². The molecule has 3 aromatic heterocycles. The lowest BCUT2D eigenvalue weighted by molar-refractivity contribution is 0.530. The Balaban J connectivity index is 2.00. The number of H-pyrrole nitrogens is 1. The van der Waals surface area contributed by atoms with Gasteiger partial charge in [-0.1, -0.05) is 6.92 Å². The zero-order chi connectivity index (χ0) is 13.4. The minimum Gasteiger partial charge on any atom is -0.328 e. The van der Waals surface area contributed by atoms with Gasteiger partial charge >= 0.3 is 0 Å². The number of rotatable bonds is 4. The Hall–Kier alpha value is -1.89. The number of fused-ring (bicyclic) bond motifs is 1. The molecule has 0 saturated carbocycles. The first-order valence-corrected chi connectivity index (χ1v) is 6.73. The lowest BCUT2D eigenvalue weighted by atomic mass is 10.3. The number of nitrogens with one attached hydrogen (secondary N) is 1. The lowest BCUT2D eigenvalue weighted by Gasteiger charge is -2.05. The molecule has 0 aliphatic rings. The highest BCUT2D eigenvalue weighted by Crippen LogP contribution is 2.18. The molecule has 0 atom stereocenters. The van der Waals surface area contributed by atoms with Gasteiger partial charge < -0.3 is 4.98 Å². The topological polar surface area (TPSA) is 56.4 Å². The molecule has 7 heteroatoms. The summed E-state index contributed by atoms with van der Waals surface area (Å²) in [4.78, 5) is 3.26. The van der Waals surface area contributed by atoms with E-state index in [1.165, 1.54) is 0 Å². The van der Waals surface area contributed by atoms with Crippen molar-refractivity contribution in [2.45, 2.75) is 26.4 Å². The van der Waals surface area contributed by atoms with Crippen LogP contribution in [0.3, 0.4) is 0 Å². The van der Waals surface area contributed by atoms with Crippen LogP contribution in [0.1, 0.15) is 12.6 Å². The minimum absolute atomic E-state index is 0.741. The van der Waals surface area contributed by atoms with Gasteiger partial charge in [-0.3, -0.25) is 13.9 Å². The van der Waals surface area contributed by atoms with Gasteiger partial charge in [-0.05, 0) is 24.7 Å². The number of hydrogen-bond acceptors (Lipinski definition) is 3. The van der Waals surface area contributed by atoms with Crippen LogP contribution in [0.2, 0.25) is 0 Å². The molecule has 0 amide bonds. The van der Waals surface area contributed by atoms with Crippen LogP contribution in [0, 0.1) is 4.77 Å². The Bertz CT molecular complexity index is 745. The molecule has 0 radical (unpaired) electrons. The molecule has 0 spiro atoms. The van der Waals surface area contributed by atoms with Gasteiger partial charge in [0.2, 0.25) is 0 Å². The van der Waals surface area contributed by atoms with Gasteiger partial charge in [0.1, 0.15) is 5.52 Å². The van der Waals surface area contributed by atoms with E-state index in [-0.39, 0.29) is 0 Å². The van der Waals surface area contributed by atoms with Crippen molar-refractivity contribution in [1.29, 1.82) is 0 Å². The SMILES string of the molecule is CCc1nn(C)c2c1[nH]c(=S)n2CCn1cccn1. The van der Waals surface area contributed by atoms with Crippen LogP contribution in [0.4, 0.5) is 0 Å². The molecule has 3 rings (SSSR count). The van der Waals surface area contributed by atoms with Gasteiger partial charge in [-0.15, -0.1) is 0 Å². The predicted octanol–water partition coefficient (Wildman–Crippen LogP) is 1.89. The van der Waals surface area contributed by atoms with Crippen molar-refractivity contribution in [3.63, 3.8) is 0 Å². The van der Waals surface area contributed by atoms with Crippen molar-refractivity contribution in [3.8, 4) is 0 Å². The first-order chi connectivity index (χ1) is 9.20. The van der Waals surface area contributed by atoms with Crippen LogP contribution < -0.4 is 0 Å². The van der Waals surface area contributed by atoms with Crippen molar-refractivity contribution in [2.24, 2.45) is 7.05 Å². The zero-order valence-electron chi connectivity index (χ0n) is 11.0. The highest BCUT2D eigenvalue weighted by molar-refractivity contribution is 7.71. The molecule has 19 heavy (non-hydrogen) atoms. The minimum atomic E-state index is 0.741. The van der Waals surface area contributed by atoms with Gasteiger partial charge in [0.05, 0.1) is 12.2 Å². The summed E-state index contributed by atoms with van der Waals surface area (Å²) >= 11 is 5.41. The van der Waals surface area contributed by atoms with Gasteiger partial charge in [0.15, 0.2) is 10.4 Å². The largest absolute Gasteiger partial charge is 0.328 e. The van der Waals surface area contributed by atoms with Gasteiger partial charge in [-0.2, -0.15) is 10.2 Å². The molecular formula is C12H16N6S. The number of nitrogens with zero attached hydrogens (tertiary/aromatic N) is 5. The summed E-state index contributed by atoms with van der Waals surface area (Å²) in [7, 11) is 1.95. The third kappa shape index (κ3) is 1.99. The molecule has 0 aliphatic carbocycles. The van der Waals surface area contributed by atoms with E-state index in [4.69, 9.17) is 12.2 Å². The number of aromatic nitrogens is 6. The fourth-order valence-electron chi connectivity index (χ4n) is 2.37.